The van der Waals surface area contributed by atoms with Gasteiger partial charge < -0.3 is 24.1 Å². The number of phenols is 1. The van der Waals surface area contributed by atoms with Gasteiger partial charge in [-0.15, -0.1) is 0 Å². The Bertz CT molecular complexity index is 671. The van der Waals surface area contributed by atoms with Gasteiger partial charge in [0.15, 0.2) is 0 Å². The van der Waals surface area contributed by atoms with Crippen molar-refractivity contribution in [2.24, 2.45) is 0 Å². The van der Waals surface area contributed by atoms with Crippen molar-refractivity contribution in [1.82, 2.24) is 0 Å². The number of aromatic hydroxyl groups is 1. The van der Waals surface area contributed by atoms with Gasteiger partial charge >= 0.3 is 13.1 Å². The minimum Gasteiger partial charge on any atom is -0.508 e. The highest BCUT2D eigenvalue weighted by Crippen LogP contribution is 2.43. The highest BCUT2D eigenvalue weighted by Gasteiger charge is 2.54. The zero-order chi connectivity index (χ0) is 21.1. The molecule has 1 aliphatic heterocycles. The van der Waals surface area contributed by atoms with E-state index in [0.29, 0.717) is 12.2 Å². The molecule has 28 heavy (non-hydrogen) atoms. The lowest BCUT2D eigenvalue weighted by molar-refractivity contribution is -0.143. The fourth-order valence-corrected chi connectivity index (χ4v) is 3.44. The predicted molar refractivity (Wildman–Crippen MR) is 112 cm³/mol. The standard InChI is InChI=1S/C21H34BNO5/c1-8-23(9-2)15-11-12-16(18(24)13-15)17(14-19(25)26-10-3)22-27-20(4,5)21(6,7)28-22/h11-13,17,24H,8-10,14H2,1-7H3. The van der Waals surface area contributed by atoms with E-state index in [2.05, 4.69) is 18.7 Å². The molecule has 6 nitrogen and oxygen atoms in total. The zero-order valence-electron chi connectivity index (χ0n) is 18.2. The number of phenolic OH excluding ortho intramolecular Hbond substituents is 1. The summed E-state index contributed by atoms with van der Waals surface area (Å²) in [7, 11) is -0.653. The van der Waals surface area contributed by atoms with Crippen LogP contribution in [0.2, 0.25) is 0 Å². The Morgan fingerprint density at radius 2 is 1.71 bits per heavy atom. The first-order chi connectivity index (χ1) is 13.1. The van der Waals surface area contributed by atoms with Gasteiger partial charge in [0.25, 0.3) is 0 Å². The maximum atomic E-state index is 12.3. The number of ether oxygens (including phenoxy) is 1. The number of carbonyl (C=O) groups excluding carboxylic acids is 1. The summed E-state index contributed by atoms with van der Waals surface area (Å²) in [6, 6.07) is 5.56. The third-order valence-electron chi connectivity index (χ3n) is 5.83. The molecule has 0 radical (unpaired) electrons. The molecule has 0 amide bonds. The number of esters is 1. The largest absolute Gasteiger partial charge is 0.508 e. The van der Waals surface area contributed by atoms with Gasteiger partial charge in [-0.25, -0.2) is 0 Å². The van der Waals surface area contributed by atoms with Gasteiger partial charge in [-0.05, 0) is 60.1 Å². The van der Waals surface area contributed by atoms with E-state index in [9.17, 15) is 9.90 Å². The Balaban J connectivity index is 2.38. The molecule has 1 unspecified atom stereocenters. The van der Waals surface area contributed by atoms with Crippen molar-refractivity contribution < 1.29 is 23.9 Å². The van der Waals surface area contributed by atoms with Gasteiger partial charge in [0.1, 0.15) is 5.75 Å². The highest BCUT2D eigenvalue weighted by atomic mass is 16.7. The summed E-state index contributed by atoms with van der Waals surface area (Å²) < 4.78 is 17.5. The van der Waals surface area contributed by atoms with Crippen molar-refractivity contribution in [3.05, 3.63) is 23.8 Å². The number of nitrogens with zero attached hydrogens (tertiary/aromatic N) is 1. The monoisotopic (exact) mass is 391 g/mol. The van der Waals surface area contributed by atoms with Crippen LogP contribution in [0, 0.1) is 0 Å². The van der Waals surface area contributed by atoms with Crippen LogP contribution in [-0.2, 0) is 18.8 Å². The molecule has 0 bridgehead atoms. The summed E-state index contributed by atoms with van der Waals surface area (Å²) in [6.07, 6.45) is 0.0723. The molecule has 1 saturated heterocycles. The Labute approximate surface area is 169 Å². The lowest BCUT2D eigenvalue weighted by Gasteiger charge is -2.32. The topological polar surface area (TPSA) is 68.2 Å². The maximum absolute atomic E-state index is 12.3. The summed E-state index contributed by atoms with van der Waals surface area (Å²) >= 11 is 0. The Hall–Kier alpha value is -1.73. The molecule has 1 aromatic rings. The van der Waals surface area contributed by atoms with Crippen LogP contribution in [0.3, 0.4) is 0 Å². The first-order valence-electron chi connectivity index (χ1n) is 10.1. The van der Waals surface area contributed by atoms with Crippen LogP contribution in [0.4, 0.5) is 5.69 Å². The van der Waals surface area contributed by atoms with Crippen molar-refractivity contribution in [2.75, 3.05) is 24.6 Å². The second-order valence-corrected chi connectivity index (χ2v) is 8.16. The summed E-state index contributed by atoms with van der Waals surface area (Å²) in [5.41, 5.74) is 0.514. The van der Waals surface area contributed by atoms with E-state index in [0.717, 1.165) is 18.8 Å². The summed E-state index contributed by atoms with van der Waals surface area (Å²) in [5.74, 6) is -0.673. The molecular weight excluding hydrogens is 357 g/mol. The van der Waals surface area contributed by atoms with E-state index in [-0.39, 0.29) is 18.1 Å². The lowest BCUT2D eigenvalue weighted by atomic mass is 9.66. The third-order valence-corrected chi connectivity index (χ3v) is 5.83. The van der Waals surface area contributed by atoms with E-state index in [1.807, 2.05) is 39.8 Å². The summed E-state index contributed by atoms with van der Waals surface area (Å²) in [6.45, 7) is 15.8. The van der Waals surface area contributed by atoms with E-state index >= 15 is 0 Å². The summed E-state index contributed by atoms with van der Waals surface area (Å²) in [4.78, 5) is 14.4. The number of rotatable bonds is 8. The molecule has 1 atom stereocenters. The smallest absolute Gasteiger partial charge is 0.466 e. The third kappa shape index (κ3) is 4.63. The first-order valence-corrected chi connectivity index (χ1v) is 10.1. The van der Waals surface area contributed by atoms with Crippen LogP contribution in [0.1, 0.15) is 66.3 Å². The minimum atomic E-state index is -0.653. The van der Waals surface area contributed by atoms with Gasteiger partial charge in [0, 0.05) is 30.7 Å². The van der Waals surface area contributed by atoms with Crippen LogP contribution < -0.4 is 4.90 Å². The van der Waals surface area contributed by atoms with Crippen LogP contribution >= 0.6 is 0 Å². The van der Waals surface area contributed by atoms with Crippen LogP contribution in [0.15, 0.2) is 18.2 Å². The SMILES string of the molecule is CCOC(=O)CC(B1OC(C)(C)C(C)(C)O1)c1ccc(N(CC)CC)cc1O. The van der Waals surface area contributed by atoms with Crippen LogP contribution in [0.25, 0.3) is 0 Å². The van der Waals surface area contributed by atoms with E-state index in [1.54, 1.807) is 13.0 Å². The number of benzene rings is 1. The molecule has 0 aliphatic carbocycles. The molecule has 1 N–H and O–H groups in total. The Morgan fingerprint density at radius 3 is 2.18 bits per heavy atom. The molecule has 7 heteroatoms. The first kappa shape index (κ1) is 22.6. The van der Waals surface area contributed by atoms with Gasteiger partial charge in [-0.1, -0.05) is 6.07 Å². The number of hydrogen-bond donors (Lipinski definition) is 1. The fourth-order valence-electron chi connectivity index (χ4n) is 3.44. The van der Waals surface area contributed by atoms with Gasteiger partial charge in [0.05, 0.1) is 24.2 Å². The molecule has 156 valence electrons. The number of carbonyl (C=O) groups is 1. The van der Waals surface area contributed by atoms with Crippen LogP contribution in [0.5, 0.6) is 5.75 Å². The molecule has 1 aliphatic rings. The normalized spacial score (nSPS) is 18.8. The molecule has 1 heterocycles. The van der Waals surface area contributed by atoms with Crippen molar-refractivity contribution in [2.45, 2.75) is 71.9 Å². The highest BCUT2D eigenvalue weighted by molar-refractivity contribution is 6.48. The predicted octanol–water partition coefficient (Wildman–Crippen LogP) is 3.91. The van der Waals surface area contributed by atoms with Gasteiger partial charge in [-0.3, -0.25) is 4.79 Å². The second kappa shape index (κ2) is 8.74. The number of hydrogen-bond acceptors (Lipinski definition) is 6. The van der Waals surface area contributed by atoms with Crippen molar-refractivity contribution in [3.8, 4) is 5.75 Å². The van der Waals surface area contributed by atoms with Crippen molar-refractivity contribution in [1.29, 1.82) is 0 Å². The Morgan fingerprint density at radius 1 is 1.14 bits per heavy atom. The molecule has 0 saturated carbocycles. The van der Waals surface area contributed by atoms with E-state index in [1.165, 1.54) is 0 Å². The van der Waals surface area contributed by atoms with Crippen molar-refractivity contribution in [3.63, 3.8) is 0 Å². The molecule has 0 spiro atoms. The van der Waals surface area contributed by atoms with E-state index in [4.69, 9.17) is 14.0 Å². The fraction of sp³-hybridized carbons (Fsp3) is 0.667. The van der Waals surface area contributed by atoms with Gasteiger partial charge in [-0.2, -0.15) is 0 Å². The average molecular weight is 391 g/mol. The minimum absolute atomic E-state index is 0.0723. The quantitative estimate of drug-likeness (QED) is 0.535. The van der Waals surface area contributed by atoms with E-state index < -0.39 is 24.1 Å². The van der Waals surface area contributed by atoms with Gasteiger partial charge in [0.2, 0.25) is 0 Å². The average Bonchev–Trinajstić information content (AvgIpc) is 2.82. The molecular formula is C21H34BNO5. The summed E-state index contributed by atoms with van der Waals surface area (Å²) in [5, 5.41) is 10.8. The molecule has 0 aromatic heterocycles. The second-order valence-electron chi connectivity index (χ2n) is 8.16. The molecule has 1 fully saturated rings. The Kier molecular flexibility index (Phi) is 7.04. The van der Waals surface area contributed by atoms with Crippen molar-refractivity contribution >= 4 is 18.8 Å². The van der Waals surface area contributed by atoms with Crippen LogP contribution in [-0.4, -0.2) is 49.1 Å². The lowest BCUT2D eigenvalue weighted by Crippen LogP contribution is -2.41. The zero-order valence-corrected chi connectivity index (χ0v) is 18.2. The molecule has 2 rings (SSSR count). The maximum Gasteiger partial charge on any atom is 0.466 e. The molecule has 1 aromatic carbocycles. The number of anilines is 1.